The van der Waals surface area contributed by atoms with E-state index in [1.165, 1.54) is 0 Å². The number of hydrogen-bond acceptors (Lipinski definition) is 3. The molecule has 4 rings (SSSR count). The molecule has 0 fully saturated rings. The van der Waals surface area contributed by atoms with Crippen molar-refractivity contribution in [3.05, 3.63) is 102 Å². The van der Waals surface area contributed by atoms with Crippen molar-refractivity contribution in [1.29, 1.82) is 0 Å². The molecule has 7 heteroatoms. The van der Waals surface area contributed by atoms with E-state index in [1.807, 2.05) is 60.9 Å². The normalized spacial score (nSPS) is 10.4. The molecular formula is C25H23N5O2. The maximum Gasteiger partial charge on any atom is 0.323 e. The van der Waals surface area contributed by atoms with Crippen molar-refractivity contribution < 1.29 is 9.59 Å². The van der Waals surface area contributed by atoms with Gasteiger partial charge in [0.15, 0.2) is 0 Å². The molecule has 0 bridgehead atoms. The lowest BCUT2D eigenvalue weighted by molar-refractivity contribution is 0.102. The van der Waals surface area contributed by atoms with Crippen LogP contribution in [0.4, 0.5) is 21.9 Å². The van der Waals surface area contributed by atoms with Gasteiger partial charge in [-0.25, -0.2) is 9.78 Å². The van der Waals surface area contributed by atoms with E-state index < -0.39 is 0 Å². The highest BCUT2D eigenvalue weighted by molar-refractivity contribution is 6.06. The summed E-state index contributed by atoms with van der Waals surface area (Å²) in [6.45, 7) is 3.83. The first-order chi connectivity index (χ1) is 15.5. The Balaban J connectivity index is 1.47. The fraction of sp³-hybridized carbons (Fsp3) is 0.0800. The molecule has 2 aromatic carbocycles. The minimum Gasteiger partial charge on any atom is -0.322 e. The number of para-hydroxylation sites is 1. The number of nitrogens with one attached hydrogen (secondary N) is 3. The van der Waals surface area contributed by atoms with Crippen molar-refractivity contribution in [1.82, 2.24) is 9.55 Å². The molecule has 32 heavy (non-hydrogen) atoms. The van der Waals surface area contributed by atoms with E-state index in [4.69, 9.17) is 0 Å². The van der Waals surface area contributed by atoms with E-state index >= 15 is 0 Å². The zero-order chi connectivity index (χ0) is 22.5. The van der Waals surface area contributed by atoms with Crippen molar-refractivity contribution in [2.75, 3.05) is 16.0 Å². The monoisotopic (exact) mass is 425 g/mol. The Kier molecular flexibility index (Phi) is 5.98. The molecule has 0 spiro atoms. The van der Waals surface area contributed by atoms with E-state index in [2.05, 4.69) is 20.9 Å². The second kappa shape index (κ2) is 9.18. The maximum atomic E-state index is 13.0. The highest BCUT2D eigenvalue weighted by atomic mass is 16.2. The summed E-state index contributed by atoms with van der Waals surface area (Å²) in [7, 11) is 0. The van der Waals surface area contributed by atoms with Gasteiger partial charge in [-0.2, -0.15) is 0 Å². The van der Waals surface area contributed by atoms with Gasteiger partial charge in [0.1, 0.15) is 5.82 Å². The second-order valence-electron chi connectivity index (χ2n) is 7.29. The topological polar surface area (TPSA) is 88.0 Å². The molecule has 0 saturated carbocycles. The summed E-state index contributed by atoms with van der Waals surface area (Å²) in [5, 5.41) is 8.45. The molecule has 0 radical (unpaired) electrons. The third-order valence-electron chi connectivity index (χ3n) is 4.96. The van der Waals surface area contributed by atoms with Crippen LogP contribution in [0.15, 0.2) is 85.1 Å². The zero-order valence-electron chi connectivity index (χ0n) is 17.8. The summed E-state index contributed by atoms with van der Waals surface area (Å²) >= 11 is 0. The summed E-state index contributed by atoms with van der Waals surface area (Å²) in [5.41, 5.74) is 4.12. The van der Waals surface area contributed by atoms with E-state index in [1.54, 1.807) is 42.6 Å². The van der Waals surface area contributed by atoms with Crippen LogP contribution in [0.3, 0.4) is 0 Å². The summed E-state index contributed by atoms with van der Waals surface area (Å²) in [5.74, 6) is 0.531. The summed E-state index contributed by atoms with van der Waals surface area (Å²) in [4.78, 5) is 29.6. The van der Waals surface area contributed by atoms with E-state index in [-0.39, 0.29) is 11.9 Å². The van der Waals surface area contributed by atoms with Gasteiger partial charge in [-0.3, -0.25) is 4.79 Å². The van der Waals surface area contributed by atoms with Crippen LogP contribution in [0.2, 0.25) is 0 Å². The minimum absolute atomic E-state index is 0.230. The number of urea groups is 1. The lowest BCUT2D eigenvalue weighted by atomic mass is 10.2. The van der Waals surface area contributed by atoms with Crippen LogP contribution in [0, 0.1) is 13.8 Å². The number of carbonyl (C=O) groups is 2. The van der Waals surface area contributed by atoms with Gasteiger partial charge in [0, 0.05) is 34.6 Å². The Bertz CT molecular complexity index is 1250. The predicted molar refractivity (Wildman–Crippen MR) is 127 cm³/mol. The first kappa shape index (κ1) is 20.9. The van der Waals surface area contributed by atoms with Crippen LogP contribution in [-0.4, -0.2) is 21.5 Å². The fourth-order valence-corrected chi connectivity index (χ4v) is 3.52. The van der Waals surface area contributed by atoms with Gasteiger partial charge in [0.2, 0.25) is 0 Å². The smallest absolute Gasteiger partial charge is 0.322 e. The number of pyridine rings is 1. The molecule has 0 unspecified atom stereocenters. The number of benzene rings is 2. The number of aryl methyl sites for hydroxylation is 1. The van der Waals surface area contributed by atoms with Crippen molar-refractivity contribution >= 4 is 29.0 Å². The molecule has 0 saturated heterocycles. The standard InChI is InChI=1S/C25H23N5O2/c1-17-15-22(18(2)30(17)23-13-6-7-14-26-23)24(31)27-20-11-8-12-21(16-20)29-25(32)28-19-9-4-3-5-10-19/h3-16H,1-2H3,(H,27,31)(H2,28,29,32). The van der Waals surface area contributed by atoms with Crippen LogP contribution in [0.25, 0.3) is 5.82 Å². The van der Waals surface area contributed by atoms with Gasteiger partial charge in [0.05, 0.1) is 5.56 Å². The summed E-state index contributed by atoms with van der Waals surface area (Å²) < 4.78 is 1.95. The lowest BCUT2D eigenvalue weighted by Gasteiger charge is -2.11. The van der Waals surface area contributed by atoms with Crippen molar-refractivity contribution in [2.45, 2.75) is 13.8 Å². The Labute approximate surface area is 186 Å². The van der Waals surface area contributed by atoms with E-state index in [9.17, 15) is 9.59 Å². The molecule has 2 aromatic heterocycles. The molecular weight excluding hydrogens is 402 g/mol. The largest absolute Gasteiger partial charge is 0.323 e. The zero-order valence-corrected chi connectivity index (χ0v) is 17.8. The quantitative estimate of drug-likeness (QED) is 0.401. The molecule has 2 heterocycles. The Hall–Kier alpha value is -4.39. The minimum atomic E-state index is -0.362. The van der Waals surface area contributed by atoms with E-state index in [0.717, 1.165) is 17.2 Å². The van der Waals surface area contributed by atoms with Crippen LogP contribution in [0.5, 0.6) is 0 Å². The third kappa shape index (κ3) is 4.67. The molecule has 0 aliphatic heterocycles. The van der Waals surface area contributed by atoms with Gasteiger partial charge in [-0.05, 0) is 62.4 Å². The number of amides is 3. The molecule has 3 amide bonds. The average molecular weight is 425 g/mol. The molecule has 0 aliphatic rings. The third-order valence-corrected chi connectivity index (χ3v) is 4.96. The highest BCUT2D eigenvalue weighted by Crippen LogP contribution is 2.22. The number of hydrogen-bond donors (Lipinski definition) is 3. The SMILES string of the molecule is Cc1cc(C(=O)Nc2cccc(NC(=O)Nc3ccccc3)c2)c(C)n1-c1ccccn1. The molecule has 160 valence electrons. The second-order valence-corrected chi connectivity index (χ2v) is 7.29. The Morgan fingerprint density at radius 2 is 1.41 bits per heavy atom. The van der Waals surface area contributed by atoms with Gasteiger partial charge in [-0.1, -0.05) is 30.3 Å². The summed E-state index contributed by atoms with van der Waals surface area (Å²) in [6, 6.07) is 23.3. The van der Waals surface area contributed by atoms with Crippen molar-refractivity contribution in [3.8, 4) is 5.82 Å². The van der Waals surface area contributed by atoms with Gasteiger partial charge in [-0.15, -0.1) is 0 Å². The molecule has 0 aliphatic carbocycles. The highest BCUT2D eigenvalue weighted by Gasteiger charge is 2.17. The summed E-state index contributed by atoms with van der Waals surface area (Å²) in [6.07, 6.45) is 1.72. The molecule has 7 nitrogen and oxygen atoms in total. The molecule has 4 aromatic rings. The average Bonchev–Trinajstić information content (AvgIpc) is 3.09. The van der Waals surface area contributed by atoms with Crippen molar-refractivity contribution in [2.24, 2.45) is 0 Å². The predicted octanol–water partition coefficient (Wildman–Crippen LogP) is 5.39. The molecule has 0 atom stereocenters. The first-order valence-electron chi connectivity index (χ1n) is 10.2. The molecule has 3 N–H and O–H groups in total. The van der Waals surface area contributed by atoms with Crippen LogP contribution >= 0.6 is 0 Å². The first-order valence-corrected chi connectivity index (χ1v) is 10.2. The number of anilines is 3. The number of nitrogens with zero attached hydrogens (tertiary/aromatic N) is 2. The lowest BCUT2D eigenvalue weighted by Crippen LogP contribution is -2.19. The van der Waals surface area contributed by atoms with Gasteiger partial charge < -0.3 is 20.5 Å². The number of rotatable bonds is 5. The van der Waals surface area contributed by atoms with Gasteiger partial charge in [0.25, 0.3) is 5.91 Å². The number of carbonyl (C=O) groups excluding carboxylic acids is 2. The van der Waals surface area contributed by atoms with Crippen molar-refractivity contribution in [3.63, 3.8) is 0 Å². The Morgan fingerprint density at radius 3 is 2.12 bits per heavy atom. The van der Waals surface area contributed by atoms with E-state index in [0.29, 0.717) is 22.6 Å². The Morgan fingerprint density at radius 1 is 0.750 bits per heavy atom. The fourth-order valence-electron chi connectivity index (χ4n) is 3.52. The maximum absolute atomic E-state index is 13.0. The van der Waals surface area contributed by atoms with Crippen LogP contribution < -0.4 is 16.0 Å². The van der Waals surface area contributed by atoms with Crippen LogP contribution in [-0.2, 0) is 0 Å². The number of aromatic nitrogens is 2. The van der Waals surface area contributed by atoms with Crippen LogP contribution in [0.1, 0.15) is 21.7 Å². The van der Waals surface area contributed by atoms with Gasteiger partial charge >= 0.3 is 6.03 Å².